The van der Waals surface area contributed by atoms with E-state index in [2.05, 4.69) is 53.4 Å². The molecule has 2 atom stereocenters. The molecule has 0 aromatic heterocycles. The predicted octanol–water partition coefficient (Wildman–Crippen LogP) is 2.44. The van der Waals surface area contributed by atoms with Crippen molar-refractivity contribution >= 4 is 35.8 Å². The lowest BCUT2D eigenvalue weighted by atomic mass is 9.97. The quantitative estimate of drug-likeness (QED) is 0.299. The van der Waals surface area contributed by atoms with Gasteiger partial charge in [0, 0.05) is 45.8 Å². The number of carbonyl (C=O) groups excluding carboxylic acids is 1. The van der Waals surface area contributed by atoms with Gasteiger partial charge in [0.15, 0.2) is 5.96 Å². The van der Waals surface area contributed by atoms with E-state index >= 15 is 0 Å². The van der Waals surface area contributed by atoms with E-state index in [1.54, 1.807) is 0 Å². The third-order valence-electron chi connectivity index (χ3n) is 5.97. The first-order chi connectivity index (χ1) is 14.5. The van der Waals surface area contributed by atoms with Crippen molar-refractivity contribution in [2.75, 3.05) is 46.4 Å². The van der Waals surface area contributed by atoms with Crippen LogP contribution in [0.15, 0.2) is 29.3 Å². The van der Waals surface area contributed by atoms with Crippen LogP contribution in [-0.2, 0) is 22.6 Å². The van der Waals surface area contributed by atoms with Crippen LogP contribution >= 0.6 is 24.0 Å². The molecule has 0 spiro atoms. The number of benzene rings is 1. The highest BCUT2D eigenvalue weighted by Gasteiger charge is 2.24. The van der Waals surface area contributed by atoms with Gasteiger partial charge in [0.2, 0.25) is 5.91 Å². The number of carbonyl (C=O) groups is 1. The smallest absolute Gasteiger partial charge is 0.221 e. The highest BCUT2D eigenvalue weighted by Crippen LogP contribution is 2.19. The number of aliphatic imine (C=N–C) groups is 1. The summed E-state index contributed by atoms with van der Waals surface area (Å²) >= 11 is 0. The van der Waals surface area contributed by atoms with Crippen molar-refractivity contribution in [1.82, 2.24) is 15.1 Å². The van der Waals surface area contributed by atoms with Gasteiger partial charge in [-0.3, -0.25) is 9.69 Å². The van der Waals surface area contributed by atoms with E-state index in [-0.39, 0.29) is 35.8 Å². The summed E-state index contributed by atoms with van der Waals surface area (Å²) in [6.45, 7) is 8.90. The second kappa shape index (κ2) is 13.2. The molecular weight excluding hydrogens is 505 g/mol. The molecule has 0 bridgehead atoms. The van der Waals surface area contributed by atoms with Gasteiger partial charge >= 0.3 is 0 Å². The molecule has 2 saturated heterocycles. The van der Waals surface area contributed by atoms with E-state index in [0.29, 0.717) is 12.5 Å². The minimum atomic E-state index is -0.174. The van der Waals surface area contributed by atoms with Gasteiger partial charge in [-0.1, -0.05) is 24.3 Å². The molecule has 2 aliphatic heterocycles. The standard InChI is InChI=1S/C23H37N5O2.HI/c1-3-25-23(27(2)14-20-9-11-30-17-20)26-13-18-6-4-7-19(12-18)15-28-10-5-8-21(16-28)22(24)29;/h4,6-7,12,20-21H,3,5,8-11,13-17H2,1-2H3,(H2,24,29)(H,25,26);1H. The van der Waals surface area contributed by atoms with Crippen LogP contribution in [0.3, 0.4) is 0 Å². The normalized spacial score (nSPS) is 22.1. The number of hydrogen-bond acceptors (Lipinski definition) is 4. The van der Waals surface area contributed by atoms with Crippen LogP contribution in [0.4, 0.5) is 0 Å². The van der Waals surface area contributed by atoms with Crippen LogP contribution in [0.25, 0.3) is 0 Å². The third kappa shape index (κ3) is 8.23. The molecule has 0 saturated carbocycles. The van der Waals surface area contributed by atoms with Crippen molar-refractivity contribution in [3.8, 4) is 0 Å². The fourth-order valence-electron chi connectivity index (χ4n) is 4.35. The van der Waals surface area contributed by atoms with E-state index in [0.717, 1.165) is 71.2 Å². The largest absolute Gasteiger partial charge is 0.381 e. The van der Waals surface area contributed by atoms with Crippen LogP contribution in [0, 0.1) is 11.8 Å². The zero-order valence-electron chi connectivity index (χ0n) is 18.9. The van der Waals surface area contributed by atoms with E-state index in [1.807, 2.05) is 0 Å². The van der Waals surface area contributed by atoms with Gasteiger partial charge in [-0.25, -0.2) is 4.99 Å². The Bertz CT molecular complexity index is 724. The molecule has 0 radical (unpaired) electrons. The Kier molecular flexibility index (Phi) is 11.0. The maximum Gasteiger partial charge on any atom is 0.221 e. The van der Waals surface area contributed by atoms with E-state index in [4.69, 9.17) is 15.5 Å². The van der Waals surface area contributed by atoms with Crippen LogP contribution in [0.1, 0.15) is 37.3 Å². The Morgan fingerprint density at radius 3 is 2.87 bits per heavy atom. The zero-order valence-corrected chi connectivity index (χ0v) is 21.2. The van der Waals surface area contributed by atoms with Gasteiger partial charge in [0.1, 0.15) is 0 Å². The number of piperidine rings is 1. The van der Waals surface area contributed by atoms with Crippen molar-refractivity contribution in [2.45, 2.75) is 39.3 Å². The molecule has 1 amide bonds. The Labute approximate surface area is 203 Å². The monoisotopic (exact) mass is 543 g/mol. The summed E-state index contributed by atoms with van der Waals surface area (Å²) in [5.41, 5.74) is 7.97. The number of guanidine groups is 1. The minimum Gasteiger partial charge on any atom is -0.381 e. The van der Waals surface area contributed by atoms with Gasteiger partial charge in [0.25, 0.3) is 0 Å². The van der Waals surface area contributed by atoms with Gasteiger partial charge in [-0.2, -0.15) is 0 Å². The Balaban J connectivity index is 0.00000341. The molecular formula is C23H38IN5O2. The number of primary amides is 1. The molecule has 3 rings (SSSR count). The average Bonchev–Trinajstić information content (AvgIpc) is 3.24. The summed E-state index contributed by atoms with van der Waals surface area (Å²) in [6.07, 6.45) is 3.06. The number of halogens is 1. The van der Waals surface area contributed by atoms with E-state index in [1.165, 1.54) is 11.1 Å². The summed E-state index contributed by atoms with van der Waals surface area (Å²) in [5.74, 6) is 1.33. The second-order valence-electron chi connectivity index (χ2n) is 8.58. The van der Waals surface area contributed by atoms with Gasteiger partial charge < -0.3 is 20.7 Å². The van der Waals surface area contributed by atoms with Gasteiger partial charge in [-0.15, -0.1) is 24.0 Å². The molecule has 8 heteroatoms. The van der Waals surface area contributed by atoms with Crippen LogP contribution < -0.4 is 11.1 Å². The fraction of sp³-hybridized carbons (Fsp3) is 0.652. The van der Waals surface area contributed by atoms with Gasteiger partial charge in [-0.05, 0) is 43.9 Å². The summed E-state index contributed by atoms with van der Waals surface area (Å²) in [4.78, 5) is 21.0. The van der Waals surface area contributed by atoms with Crippen molar-refractivity contribution in [2.24, 2.45) is 22.6 Å². The Morgan fingerprint density at radius 1 is 1.35 bits per heavy atom. The lowest BCUT2D eigenvalue weighted by molar-refractivity contribution is -0.123. The molecule has 2 aliphatic rings. The maximum atomic E-state index is 11.5. The SMILES string of the molecule is CCNC(=NCc1cccc(CN2CCCC(C(N)=O)C2)c1)N(C)CC1CCOC1.I. The van der Waals surface area contributed by atoms with E-state index in [9.17, 15) is 4.79 Å². The molecule has 2 fully saturated rings. The van der Waals surface area contributed by atoms with Crippen molar-refractivity contribution in [1.29, 1.82) is 0 Å². The van der Waals surface area contributed by atoms with Crippen LogP contribution in [-0.4, -0.2) is 68.1 Å². The Morgan fingerprint density at radius 2 is 2.16 bits per heavy atom. The number of hydrogen-bond donors (Lipinski definition) is 2. The molecule has 31 heavy (non-hydrogen) atoms. The number of amides is 1. The highest BCUT2D eigenvalue weighted by atomic mass is 127. The average molecular weight is 543 g/mol. The van der Waals surface area contributed by atoms with Crippen molar-refractivity contribution in [3.05, 3.63) is 35.4 Å². The second-order valence-corrected chi connectivity index (χ2v) is 8.58. The zero-order chi connectivity index (χ0) is 21.3. The molecule has 1 aromatic carbocycles. The number of nitrogens with one attached hydrogen (secondary N) is 1. The maximum absolute atomic E-state index is 11.5. The molecule has 0 aliphatic carbocycles. The number of rotatable bonds is 8. The minimum absolute atomic E-state index is 0. The van der Waals surface area contributed by atoms with Gasteiger partial charge in [0.05, 0.1) is 19.1 Å². The first-order valence-electron chi connectivity index (χ1n) is 11.2. The third-order valence-corrected chi connectivity index (χ3v) is 5.97. The molecule has 174 valence electrons. The summed E-state index contributed by atoms with van der Waals surface area (Å²) in [5, 5.41) is 3.41. The number of nitrogens with two attached hydrogens (primary N) is 1. The topological polar surface area (TPSA) is 83.2 Å². The number of ether oxygens (including phenoxy) is 1. The lowest BCUT2D eigenvalue weighted by Gasteiger charge is -2.31. The summed E-state index contributed by atoms with van der Waals surface area (Å²) < 4.78 is 5.51. The first kappa shape index (κ1) is 25.9. The molecule has 3 N–H and O–H groups in total. The lowest BCUT2D eigenvalue weighted by Crippen LogP contribution is -2.41. The van der Waals surface area contributed by atoms with E-state index < -0.39 is 0 Å². The molecule has 2 unspecified atom stereocenters. The number of likely N-dealkylation sites (tertiary alicyclic amines) is 1. The van der Waals surface area contributed by atoms with Crippen LogP contribution in [0.2, 0.25) is 0 Å². The molecule has 7 nitrogen and oxygen atoms in total. The summed E-state index contributed by atoms with van der Waals surface area (Å²) in [6, 6.07) is 8.61. The van der Waals surface area contributed by atoms with Crippen LogP contribution in [0.5, 0.6) is 0 Å². The fourth-order valence-corrected chi connectivity index (χ4v) is 4.35. The number of nitrogens with zero attached hydrogens (tertiary/aromatic N) is 3. The molecule has 1 aromatic rings. The Hall–Kier alpha value is -1.39. The van der Waals surface area contributed by atoms with Crippen molar-refractivity contribution in [3.63, 3.8) is 0 Å². The molecule has 2 heterocycles. The highest BCUT2D eigenvalue weighted by molar-refractivity contribution is 14.0. The van der Waals surface area contributed by atoms with Crippen molar-refractivity contribution < 1.29 is 9.53 Å². The first-order valence-corrected chi connectivity index (χ1v) is 11.2. The summed E-state index contributed by atoms with van der Waals surface area (Å²) in [7, 11) is 2.10. The predicted molar refractivity (Wildman–Crippen MR) is 135 cm³/mol.